The van der Waals surface area contributed by atoms with Gasteiger partial charge in [-0.2, -0.15) is 13.2 Å². The maximum atomic E-state index is 12.6. The molecule has 1 aromatic rings. The van der Waals surface area contributed by atoms with Crippen LogP contribution in [-0.4, -0.2) is 28.7 Å². The number of aliphatic hydroxyl groups excluding tert-OH is 1. The lowest BCUT2D eigenvalue weighted by Gasteiger charge is -2.28. The van der Waals surface area contributed by atoms with Gasteiger partial charge in [0.2, 0.25) is 5.91 Å². The average molecular weight is 372 g/mol. The quantitative estimate of drug-likeness (QED) is 0.727. The van der Waals surface area contributed by atoms with Crippen molar-refractivity contribution in [3.05, 3.63) is 35.4 Å². The molecular weight excluding hydrogens is 353 g/mol. The number of rotatable bonds is 5. The van der Waals surface area contributed by atoms with Crippen LogP contribution in [0.25, 0.3) is 0 Å². The fourth-order valence-electron chi connectivity index (χ4n) is 3.00. The number of alkyl halides is 3. The van der Waals surface area contributed by atoms with Gasteiger partial charge in [-0.05, 0) is 36.5 Å². The third kappa shape index (κ3) is 4.81. The van der Waals surface area contributed by atoms with Gasteiger partial charge in [0.1, 0.15) is 11.8 Å². The Labute approximate surface area is 147 Å². The van der Waals surface area contributed by atoms with E-state index < -0.39 is 41.6 Å². The molecule has 1 aliphatic rings. The van der Waals surface area contributed by atoms with Gasteiger partial charge in [0.25, 0.3) is 5.91 Å². The molecule has 3 atom stereocenters. The maximum absolute atomic E-state index is 12.6. The van der Waals surface area contributed by atoms with E-state index in [1.807, 2.05) is 0 Å². The zero-order valence-corrected chi connectivity index (χ0v) is 13.8. The molecule has 0 spiro atoms. The first-order valence-electron chi connectivity index (χ1n) is 8.06. The van der Waals surface area contributed by atoms with Crippen molar-refractivity contribution < 1.29 is 32.7 Å². The number of aliphatic hydroxyl groups is 1. The molecule has 0 saturated heterocycles. The van der Waals surface area contributed by atoms with Gasteiger partial charge >= 0.3 is 6.18 Å². The Morgan fingerprint density at radius 3 is 2.35 bits per heavy atom. The van der Waals surface area contributed by atoms with Gasteiger partial charge < -0.3 is 16.2 Å². The van der Waals surface area contributed by atoms with E-state index in [0.717, 1.165) is 24.3 Å². The van der Waals surface area contributed by atoms with Crippen LogP contribution in [0.5, 0.6) is 0 Å². The SMILES string of the molecule is NC(=O)[C@H](NC(=O)[C@@H](O)c1ccc(C(F)(F)F)cc1)[C@H]1CCCC(=O)C1. The lowest BCUT2D eigenvalue weighted by Crippen LogP contribution is -2.51. The minimum Gasteiger partial charge on any atom is -0.378 e. The Morgan fingerprint density at radius 1 is 1.23 bits per heavy atom. The number of halogens is 3. The minimum absolute atomic E-state index is 0.0370. The van der Waals surface area contributed by atoms with E-state index in [1.165, 1.54) is 0 Å². The van der Waals surface area contributed by atoms with Crippen LogP contribution >= 0.6 is 0 Å². The molecule has 1 aromatic carbocycles. The van der Waals surface area contributed by atoms with Crippen molar-refractivity contribution in [1.82, 2.24) is 5.32 Å². The first-order valence-corrected chi connectivity index (χ1v) is 8.06. The van der Waals surface area contributed by atoms with Crippen LogP contribution in [0.2, 0.25) is 0 Å². The van der Waals surface area contributed by atoms with E-state index in [4.69, 9.17) is 5.73 Å². The Bertz CT molecular complexity index is 688. The summed E-state index contributed by atoms with van der Waals surface area (Å²) in [5.41, 5.74) is 4.33. The second-order valence-corrected chi connectivity index (χ2v) is 6.31. The summed E-state index contributed by atoms with van der Waals surface area (Å²) in [4.78, 5) is 35.4. The molecule has 142 valence electrons. The number of nitrogens with one attached hydrogen (secondary N) is 1. The summed E-state index contributed by atoms with van der Waals surface area (Å²) in [5.74, 6) is -2.30. The van der Waals surface area contributed by atoms with Gasteiger partial charge in [0.05, 0.1) is 5.56 Å². The van der Waals surface area contributed by atoms with Crippen LogP contribution < -0.4 is 11.1 Å². The van der Waals surface area contributed by atoms with Gasteiger partial charge in [0, 0.05) is 12.8 Å². The van der Waals surface area contributed by atoms with Crippen molar-refractivity contribution in [1.29, 1.82) is 0 Å². The van der Waals surface area contributed by atoms with Crippen LogP contribution in [0.15, 0.2) is 24.3 Å². The smallest absolute Gasteiger partial charge is 0.378 e. The monoisotopic (exact) mass is 372 g/mol. The van der Waals surface area contributed by atoms with Crippen molar-refractivity contribution in [2.24, 2.45) is 11.7 Å². The number of nitrogens with two attached hydrogens (primary N) is 1. The molecule has 2 amide bonds. The molecule has 0 radical (unpaired) electrons. The van der Waals surface area contributed by atoms with Crippen molar-refractivity contribution in [3.63, 3.8) is 0 Å². The molecular formula is C17H19F3N2O4. The predicted molar refractivity (Wildman–Crippen MR) is 84.5 cm³/mol. The number of amides is 2. The Kier molecular flexibility index (Phi) is 6.01. The number of carbonyl (C=O) groups is 3. The standard InChI is InChI=1S/C17H19F3N2O4/c18-17(19,20)11-6-4-9(5-7-11)14(24)16(26)22-13(15(21)25)10-2-1-3-12(23)8-10/h4-7,10,13-14,24H,1-3,8H2,(H2,21,25)(H,22,26)/t10-,13+,14-/m0/s1. The van der Waals surface area contributed by atoms with E-state index in [-0.39, 0.29) is 17.8 Å². The minimum atomic E-state index is -4.53. The summed E-state index contributed by atoms with van der Waals surface area (Å²) in [7, 11) is 0. The first-order chi connectivity index (χ1) is 12.1. The highest BCUT2D eigenvalue weighted by Gasteiger charge is 2.34. The molecule has 1 fully saturated rings. The number of primary amides is 1. The fourth-order valence-corrected chi connectivity index (χ4v) is 3.00. The maximum Gasteiger partial charge on any atom is 0.416 e. The molecule has 4 N–H and O–H groups in total. The summed E-state index contributed by atoms with van der Waals surface area (Å²) < 4.78 is 37.7. The normalized spacial score (nSPS) is 20.3. The van der Waals surface area contributed by atoms with E-state index in [9.17, 15) is 32.7 Å². The average Bonchev–Trinajstić information content (AvgIpc) is 2.57. The van der Waals surface area contributed by atoms with Gasteiger partial charge in [-0.1, -0.05) is 12.1 Å². The van der Waals surface area contributed by atoms with Crippen LogP contribution in [-0.2, 0) is 20.6 Å². The number of hydrogen-bond donors (Lipinski definition) is 3. The number of ketones is 1. The van der Waals surface area contributed by atoms with E-state index in [2.05, 4.69) is 5.32 Å². The Hall–Kier alpha value is -2.42. The number of benzene rings is 1. The van der Waals surface area contributed by atoms with Crippen LogP contribution in [0, 0.1) is 5.92 Å². The fraction of sp³-hybridized carbons (Fsp3) is 0.471. The highest BCUT2D eigenvalue weighted by atomic mass is 19.4. The lowest BCUT2D eigenvalue weighted by molar-refractivity contribution is -0.137. The lowest BCUT2D eigenvalue weighted by atomic mass is 9.82. The number of Topliss-reactive ketones (excluding diaryl/α,β-unsaturated/α-hetero) is 1. The predicted octanol–water partition coefficient (Wildman–Crippen LogP) is 1.47. The summed E-state index contributed by atoms with van der Waals surface area (Å²) in [6.45, 7) is 0. The molecule has 1 saturated carbocycles. The Morgan fingerprint density at radius 2 is 1.85 bits per heavy atom. The van der Waals surface area contributed by atoms with E-state index in [0.29, 0.717) is 19.3 Å². The summed E-state index contributed by atoms with van der Waals surface area (Å²) >= 11 is 0. The van der Waals surface area contributed by atoms with Gasteiger partial charge in [-0.25, -0.2) is 0 Å². The largest absolute Gasteiger partial charge is 0.416 e. The van der Waals surface area contributed by atoms with Crippen LogP contribution in [0.1, 0.15) is 42.9 Å². The van der Waals surface area contributed by atoms with Crippen molar-refractivity contribution in [3.8, 4) is 0 Å². The van der Waals surface area contributed by atoms with Crippen molar-refractivity contribution >= 4 is 17.6 Å². The van der Waals surface area contributed by atoms with Crippen LogP contribution in [0.3, 0.4) is 0 Å². The van der Waals surface area contributed by atoms with Gasteiger partial charge in [0.15, 0.2) is 6.10 Å². The second kappa shape index (κ2) is 7.86. The van der Waals surface area contributed by atoms with Gasteiger partial charge in [-0.15, -0.1) is 0 Å². The van der Waals surface area contributed by atoms with Gasteiger partial charge in [-0.3, -0.25) is 14.4 Å². The molecule has 1 aliphatic carbocycles. The molecule has 9 heteroatoms. The summed E-state index contributed by atoms with van der Waals surface area (Å²) in [5, 5.41) is 12.4. The third-order valence-electron chi connectivity index (χ3n) is 4.40. The summed E-state index contributed by atoms with van der Waals surface area (Å²) in [6.07, 6.45) is -4.69. The topological polar surface area (TPSA) is 109 Å². The van der Waals surface area contributed by atoms with E-state index in [1.54, 1.807) is 0 Å². The molecule has 0 heterocycles. The third-order valence-corrected chi connectivity index (χ3v) is 4.40. The second-order valence-electron chi connectivity index (χ2n) is 6.31. The number of hydrogen-bond acceptors (Lipinski definition) is 4. The molecule has 6 nitrogen and oxygen atoms in total. The summed E-state index contributed by atoms with van der Waals surface area (Å²) in [6, 6.07) is 2.33. The zero-order chi connectivity index (χ0) is 19.5. The van der Waals surface area contributed by atoms with Crippen molar-refractivity contribution in [2.75, 3.05) is 0 Å². The molecule has 0 bridgehead atoms. The van der Waals surface area contributed by atoms with Crippen LogP contribution in [0.4, 0.5) is 13.2 Å². The molecule has 0 aromatic heterocycles. The zero-order valence-electron chi connectivity index (χ0n) is 13.8. The molecule has 2 rings (SSSR count). The highest BCUT2D eigenvalue weighted by molar-refractivity contribution is 5.90. The number of carbonyl (C=O) groups excluding carboxylic acids is 3. The van der Waals surface area contributed by atoms with Crippen molar-refractivity contribution in [2.45, 2.75) is 44.0 Å². The molecule has 26 heavy (non-hydrogen) atoms. The molecule has 0 unspecified atom stereocenters. The highest BCUT2D eigenvalue weighted by Crippen LogP contribution is 2.30. The van der Waals surface area contributed by atoms with E-state index >= 15 is 0 Å². The first kappa shape index (κ1) is 19.9. The molecule has 0 aliphatic heterocycles. The Balaban J connectivity index is 2.08.